The summed E-state index contributed by atoms with van der Waals surface area (Å²) in [6.07, 6.45) is 0. The fourth-order valence-electron chi connectivity index (χ4n) is 2.36. The zero-order chi connectivity index (χ0) is 17.9. The van der Waals surface area contributed by atoms with Gasteiger partial charge in [0.15, 0.2) is 11.5 Å². The topological polar surface area (TPSA) is 76.4 Å². The lowest BCUT2D eigenvalue weighted by Crippen LogP contribution is -2.14. The van der Waals surface area contributed by atoms with Gasteiger partial charge in [-0.1, -0.05) is 12.1 Å². The molecule has 122 valence electrons. The van der Waals surface area contributed by atoms with Crippen molar-refractivity contribution < 1.29 is 19.1 Å². The molecule has 2 rings (SSSR count). The van der Waals surface area contributed by atoms with E-state index in [0.717, 1.165) is 5.56 Å². The molecule has 0 N–H and O–H groups in total. The van der Waals surface area contributed by atoms with Crippen LogP contribution >= 0.6 is 0 Å². The zero-order valence-corrected chi connectivity index (χ0v) is 14.0. The van der Waals surface area contributed by atoms with Gasteiger partial charge in [-0.05, 0) is 50.1 Å². The SMILES string of the molecule is COc1ccccc1C(=O)Oc1c(C(C)=O)cc(C)c(C)c1C#N. The van der Waals surface area contributed by atoms with E-state index in [0.29, 0.717) is 11.3 Å². The second-order valence-corrected chi connectivity index (χ2v) is 5.33. The van der Waals surface area contributed by atoms with Crippen LogP contribution in [0, 0.1) is 25.2 Å². The molecule has 0 fully saturated rings. The van der Waals surface area contributed by atoms with Crippen molar-refractivity contribution >= 4 is 11.8 Å². The molecule has 0 atom stereocenters. The van der Waals surface area contributed by atoms with E-state index in [1.807, 2.05) is 6.07 Å². The largest absolute Gasteiger partial charge is 0.496 e. The molecule has 0 saturated carbocycles. The smallest absolute Gasteiger partial charge is 0.347 e. The minimum Gasteiger partial charge on any atom is -0.496 e. The first-order valence-electron chi connectivity index (χ1n) is 7.31. The van der Waals surface area contributed by atoms with E-state index in [4.69, 9.17) is 9.47 Å². The summed E-state index contributed by atoms with van der Waals surface area (Å²) < 4.78 is 10.6. The van der Waals surface area contributed by atoms with Crippen LogP contribution in [0.3, 0.4) is 0 Å². The number of hydrogen-bond acceptors (Lipinski definition) is 5. The number of methoxy groups -OCH3 is 1. The van der Waals surface area contributed by atoms with E-state index in [-0.39, 0.29) is 28.2 Å². The maximum atomic E-state index is 12.5. The number of hydrogen-bond donors (Lipinski definition) is 0. The zero-order valence-electron chi connectivity index (χ0n) is 14.0. The number of esters is 1. The van der Waals surface area contributed by atoms with E-state index >= 15 is 0 Å². The van der Waals surface area contributed by atoms with Crippen molar-refractivity contribution in [3.63, 3.8) is 0 Å². The lowest BCUT2D eigenvalue weighted by Gasteiger charge is -2.15. The third-order valence-corrected chi connectivity index (χ3v) is 3.81. The van der Waals surface area contributed by atoms with Crippen molar-refractivity contribution in [2.75, 3.05) is 7.11 Å². The van der Waals surface area contributed by atoms with Crippen LogP contribution in [0.25, 0.3) is 0 Å². The van der Waals surface area contributed by atoms with Crippen LogP contribution < -0.4 is 9.47 Å². The highest BCUT2D eigenvalue weighted by Gasteiger charge is 2.22. The predicted molar refractivity (Wildman–Crippen MR) is 88.6 cm³/mol. The van der Waals surface area contributed by atoms with Crippen LogP contribution in [0.1, 0.15) is 44.3 Å². The Kier molecular flexibility index (Phi) is 5.00. The van der Waals surface area contributed by atoms with Crippen LogP contribution in [-0.4, -0.2) is 18.9 Å². The number of aryl methyl sites for hydroxylation is 1. The van der Waals surface area contributed by atoms with E-state index < -0.39 is 5.97 Å². The quantitative estimate of drug-likeness (QED) is 0.488. The number of para-hydroxylation sites is 1. The minimum absolute atomic E-state index is 0.0102. The van der Waals surface area contributed by atoms with Gasteiger partial charge in [0.25, 0.3) is 0 Å². The molecule has 2 aromatic rings. The number of nitrogens with zero attached hydrogens (tertiary/aromatic N) is 1. The third-order valence-electron chi connectivity index (χ3n) is 3.81. The van der Waals surface area contributed by atoms with Crippen molar-refractivity contribution in [3.8, 4) is 17.6 Å². The fourth-order valence-corrected chi connectivity index (χ4v) is 2.36. The molecule has 0 aliphatic heterocycles. The van der Waals surface area contributed by atoms with E-state index in [2.05, 4.69) is 0 Å². The fraction of sp³-hybridized carbons (Fsp3) is 0.211. The highest BCUT2D eigenvalue weighted by Crippen LogP contribution is 2.31. The molecular formula is C19H17NO4. The normalized spacial score (nSPS) is 9.96. The van der Waals surface area contributed by atoms with Crippen molar-refractivity contribution in [2.24, 2.45) is 0 Å². The maximum Gasteiger partial charge on any atom is 0.347 e. The Bertz CT molecular complexity index is 862. The number of carbonyl (C=O) groups is 2. The molecule has 0 amide bonds. The average molecular weight is 323 g/mol. The molecule has 5 heteroatoms. The van der Waals surface area contributed by atoms with Crippen molar-refractivity contribution in [1.29, 1.82) is 5.26 Å². The lowest BCUT2D eigenvalue weighted by atomic mass is 9.97. The third kappa shape index (κ3) is 3.13. The molecule has 0 spiro atoms. The van der Waals surface area contributed by atoms with Crippen LogP contribution in [0.5, 0.6) is 11.5 Å². The molecule has 0 heterocycles. The number of carbonyl (C=O) groups excluding carboxylic acids is 2. The molecule has 0 radical (unpaired) electrons. The Hall–Kier alpha value is -3.13. The first-order valence-corrected chi connectivity index (χ1v) is 7.31. The Morgan fingerprint density at radius 2 is 1.79 bits per heavy atom. The molecule has 2 aromatic carbocycles. The second kappa shape index (κ2) is 6.97. The van der Waals surface area contributed by atoms with Crippen LogP contribution in [0.4, 0.5) is 0 Å². The monoisotopic (exact) mass is 323 g/mol. The van der Waals surface area contributed by atoms with Crippen LogP contribution in [0.15, 0.2) is 30.3 Å². The summed E-state index contributed by atoms with van der Waals surface area (Å²) in [6, 6.07) is 10.2. The minimum atomic E-state index is -0.685. The average Bonchev–Trinajstić information content (AvgIpc) is 2.57. The molecule has 0 bridgehead atoms. The lowest BCUT2D eigenvalue weighted by molar-refractivity contribution is 0.0728. The highest BCUT2D eigenvalue weighted by atomic mass is 16.5. The van der Waals surface area contributed by atoms with Gasteiger partial charge in [-0.3, -0.25) is 4.79 Å². The van der Waals surface area contributed by atoms with E-state index in [1.165, 1.54) is 14.0 Å². The molecule has 24 heavy (non-hydrogen) atoms. The summed E-state index contributed by atoms with van der Waals surface area (Å²) in [5, 5.41) is 9.44. The maximum absolute atomic E-state index is 12.5. The predicted octanol–water partition coefficient (Wildman–Crippen LogP) is 3.61. The van der Waals surface area contributed by atoms with Gasteiger partial charge in [-0.25, -0.2) is 4.79 Å². The van der Waals surface area contributed by atoms with Gasteiger partial charge in [0.2, 0.25) is 0 Å². The van der Waals surface area contributed by atoms with E-state index in [1.54, 1.807) is 44.2 Å². The summed E-state index contributed by atoms with van der Waals surface area (Å²) in [7, 11) is 1.45. The Morgan fingerprint density at radius 3 is 2.38 bits per heavy atom. The van der Waals surface area contributed by atoms with Crippen molar-refractivity contribution in [3.05, 3.63) is 58.1 Å². The standard InChI is InChI=1S/C19H17NO4/c1-11-9-15(13(3)21)18(16(10-20)12(11)2)24-19(22)14-7-5-6-8-17(14)23-4/h5-9H,1-4H3. The van der Waals surface area contributed by atoms with Crippen molar-refractivity contribution in [1.82, 2.24) is 0 Å². The first kappa shape index (κ1) is 17.2. The Labute approximate surface area is 140 Å². The van der Waals surface area contributed by atoms with Gasteiger partial charge in [-0.15, -0.1) is 0 Å². The molecule has 0 aliphatic carbocycles. The van der Waals surface area contributed by atoms with Gasteiger partial charge in [0.05, 0.1) is 18.2 Å². The molecule has 0 aliphatic rings. The number of rotatable bonds is 4. The number of Topliss-reactive ketones (excluding diaryl/α,β-unsaturated/α-hetero) is 1. The van der Waals surface area contributed by atoms with Crippen molar-refractivity contribution in [2.45, 2.75) is 20.8 Å². The summed E-state index contributed by atoms with van der Waals surface area (Å²) in [4.78, 5) is 24.4. The highest BCUT2D eigenvalue weighted by molar-refractivity contribution is 6.01. The molecule has 5 nitrogen and oxygen atoms in total. The molecule has 0 aromatic heterocycles. The number of ether oxygens (including phenoxy) is 2. The Balaban J connectivity index is 2.57. The van der Waals surface area contributed by atoms with Gasteiger partial charge in [0, 0.05) is 0 Å². The number of nitriles is 1. The van der Waals surface area contributed by atoms with Gasteiger partial charge >= 0.3 is 5.97 Å². The first-order chi connectivity index (χ1) is 11.4. The Morgan fingerprint density at radius 1 is 1.12 bits per heavy atom. The summed E-state index contributed by atoms with van der Waals surface area (Å²) in [6.45, 7) is 4.92. The molecular weight excluding hydrogens is 306 g/mol. The summed E-state index contributed by atoms with van der Waals surface area (Å²) in [5.41, 5.74) is 2.07. The van der Waals surface area contributed by atoms with Crippen LogP contribution in [-0.2, 0) is 0 Å². The molecule has 0 unspecified atom stereocenters. The van der Waals surface area contributed by atoms with Gasteiger partial charge < -0.3 is 9.47 Å². The second-order valence-electron chi connectivity index (χ2n) is 5.33. The van der Waals surface area contributed by atoms with Gasteiger partial charge in [0.1, 0.15) is 17.4 Å². The summed E-state index contributed by atoms with van der Waals surface area (Å²) >= 11 is 0. The van der Waals surface area contributed by atoms with E-state index in [9.17, 15) is 14.9 Å². The number of benzene rings is 2. The van der Waals surface area contributed by atoms with Crippen LogP contribution in [0.2, 0.25) is 0 Å². The summed E-state index contributed by atoms with van der Waals surface area (Å²) in [5.74, 6) is -0.620. The number of ketones is 1. The molecule has 0 saturated heterocycles. The van der Waals surface area contributed by atoms with Gasteiger partial charge in [-0.2, -0.15) is 5.26 Å².